The summed E-state index contributed by atoms with van der Waals surface area (Å²) in [6.45, 7) is 12.2. The monoisotopic (exact) mass is 394 g/mol. The SMILES string of the molecule is CCN1c2cc(C)c(C=Nc3ccc(-c4ccccc4)cc3)cc2C(C)=CC1(C)C. The van der Waals surface area contributed by atoms with Gasteiger partial charge in [-0.2, -0.15) is 0 Å². The lowest BCUT2D eigenvalue weighted by Gasteiger charge is -2.43. The number of likely N-dealkylation sites (N-methyl/N-ethyl adjacent to an activating group) is 1. The molecule has 0 unspecified atom stereocenters. The minimum atomic E-state index is 0.0361. The number of benzene rings is 3. The molecular weight excluding hydrogens is 364 g/mol. The summed E-state index contributed by atoms with van der Waals surface area (Å²) in [5.74, 6) is 0. The number of rotatable bonds is 4. The summed E-state index contributed by atoms with van der Waals surface area (Å²) in [6.07, 6.45) is 4.37. The number of fused-ring (bicyclic) bond motifs is 1. The van der Waals surface area contributed by atoms with Gasteiger partial charge in [0.1, 0.15) is 0 Å². The van der Waals surface area contributed by atoms with Crippen molar-refractivity contribution in [2.75, 3.05) is 11.4 Å². The van der Waals surface area contributed by atoms with Crippen molar-refractivity contribution in [1.82, 2.24) is 0 Å². The van der Waals surface area contributed by atoms with Crippen LogP contribution < -0.4 is 4.90 Å². The lowest BCUT2D eigenvalue weighted by Crippen LogP contribution is -2.45. The molecule has 152 valence electrons. The summed E-state index contributed by atoms with van der Waals surface area (Å²) in [4.78, 5) is 7.23. The third kappa shape index (κ3) is 3.82. The highest BCUT2D eigenvalue weighted by molar-refractivity contribution is 5.90. The minimum absolute atomic E-state index is 0.0361. The summed E-state index contributed by atoms with van der Waals surface area (Å²) in [7, 11) is 0. The molecule has 3 aromatic rings. The average Bonchev–Trinajstić information content (AvgIpc) is 2.73. The highest BCUT2D eigenvalue weighted by Gasteiger charge is 2.30. The molecule has 0 aromatic heterocycles. The summed E-state index contributed by atoms with van der Waals surface area (Å²) >= 11 is 0. The van der Waals surface area contributed by atoms with E-state index in [4.69, 9.17) is 4.99 Å². The van der Waals surface area contributed by atoms with Gasteiger partial charge in [0.2, 0.25) is 0 Å². The first-order valence-corrected chi connectivity index (χ1v) is 10.7. The van der Waals surface area contributed by atoms with Crippen LogP contribution in [-0.2, 0) is 0 Å². The first kappa shape index (κ1) is 20.2. The maximum atomic E-state index is 4.76. The molecule has 0 fully saturated rings. The number of hydrogen-bond donors (Lipinski definition) is 0. The second kappa shape index (κ2) is 7.95. The second-order valence-corrected chi connectivity index (χ2v) is 8.62. The predicted molar refractivity (Wildman–Crippen MR) is 131 cm³/mol. The molecule has 2 nitrogen and oxygen atoms in total. The Morgan fingerprint density at radius 2 is 1.57 bits per heavy atom. The number of nitrogens with zero attached hydrogens (tertiary/aromatic N) is 2. The van der Waals surface area contributed by atoms with Gasteiger partial charge in [-0.05, 0) is 86.7 Å². The van der Waals surface area contributed by atoms with E-state index in [1.165, 1.54) is 39.1 Å². The summed E-state index contributed by atoms with van der Waals surface area (Å²) in [5, 5.41) is 0. The summed E-state index contributed by atoms with van der Waals surface area (Å²) in [6, 6.07) is 23.5. The summed E-state index contributed by atoms with van der Waals surface area (Å²) < 4.78 is 0. The maximum Gasteiger partial charge on any atom is 0.0630 e. The Bertz CT molecular complexity index is 1100. The Labute approximate surface area is 180 Å². The van der Waals surface area contributed by atoms with Crippen LogP contribution in [0.4, 0.5) is 11.4 Å². The van der Waals surface area contributed by atoms with Crippen molar-refractivity contribution in [3.8, 4) is 11.1 Å². The van der Waals surface area contributed by atoms with E-state index in [1.54, 1.807) is 0 Å². The van der Waals surface area contributed by atoms with Crippen molar-refractivity contribution < 1.29 is 0 Å². The van der Waals surface area contributed by atoms with Crippen LogP contribution in [0.5, 0.6) is 0 Å². The molecule has 3 aromatic carbocycles. The van der Waals surface area contributed by atoms with Gasteiger partial charge in [0, 0.05) is 24.0 Å². The lowest BCUT2D eigenvalue weighted by molar-refractivity contribution is 0.566. The van der Waals surface area contributed by atoms with E-state index in [-0.39, 0.29) is 5.54 Å². The van der Waals surface area contributed by atoms with E-state index in [1.807, 2.05) is 12.3 Å². The Hall–Kier alpha value is -3.13. The molecule has 0 aliphatic carbocycles. The lowest BCUT2D eigenvalue weighted by atomic mass is 9.87. The van der Waals surface area contributed by atoms with Crippen LogP contribution in [0.1, 0.15) is 44.4 Å². The zero-order valence-electron chi connectivity index (χ0n) is 18.6. The van der Waals surface area contributed by atoms with Gasteiger partial charge < -0.3 is 4.90 Å². The van der Waals surface area contributed by atoms with Crippen molar-refractivity contribution in [3.05, 3.63) is 89.5 Å². The van der Waals surface area contributed by atoms with Gasteiger partial charge in [-0.25, -0.2) is 0 Å². The van der Waals surface area contributed by atoms with Gasteiger partial charge in [-0.1, -0.05) is 48.5 Å². The molecule has 1 aliphatic rings. The smallest absolute Gasteiger partial charge is 0.0630 e. The Kier molecular flexibility index (Phi) is 5.34. The first-order valence-electron chi connectivity index (χ1n) is 10.7. The molecule has 0 amide bonds. The molecule has 2 heteroatoms. The zero-order chi connectivity index (χ0) is 21.3. The van der Waals surface area contributed by atoms with Crippen LogP contribution in [0.3, 0.4) is 0 Å². The largest absolute Gasteiger partial charge is 0.363 e. The number of anilines is 1. The molecular formula is C28H30N2. The Morgan fingerprint density at radius 1 is 0.900 bits per heavy atom. The highest BCUT2D eigenvalue weighted by atomic mass is 15.2. The van der Waals surface area contributed by atoms with Crippen molar-refractivity contribution in [2.45, 2.75) is 40.2 Å². The van der Waals surface area contributed by atoms with E-state index < -0.39 is 0 Å². The van der Waals surface area contributed by atoms with Crippen molar-refractivity contribution in [3.63, 3.8) is 0 Å². The standard InChI is InChI=1S/C28H30N2/c1-6-30-27-16-20(2)24(17-26(27)21(3)18-28(30,4)5)19-29-25-14-12-23(13-15-25)22-10-8-7-9-11-22/h7-19H,6H2,1-5H3. The molecule has 0 N–H and O–H groups in total. The highest BCUT2D eigenvalue weighted by Crippen LogP contribution is 2.40. The average molecular weight is 395 g/mol. The molecule has 0 spiro atoms. The molecule has 0 saturated carbocycles. The van der Waals surface area contributed by atoms with Crippen molar-refractivity contribution in [2.24, 2.45) is 4.99 Å². The molecule has 1 aliphatic heterocycles. The molecule has 30 heavy (non-hydrogen) atoms. The van der Waals surface area contributed by atoms with Gasteiger partial charge in [0.05, 0.1) is 11.2 Å². The molecule has 4 rings (SSSR count). The van der Waals surface area contributed by atoms with E-state index >= 15 is 0 Å². The van der Waals surface area contributed by atoms with Crippen LogP contribution >= 0.6 is 0 Å². The number of allylic oxidation sites excluding steroid dienone is 1. The van der Waals surface area contributed by atoms with E-state index in [0.717, 1.165) is 12.2 Å². The summed E-state index contributed by atoms with van der Waals surface area (Å²) in [5.41, 5.74) is 9.83. The normalized spacial score (nSPS) is 15.2. The van der Waals surface area contributed by atoms with Gasteiger partial charge in [-0.3, -0.25) is 4.99 Å². The van der Waals surface area contributed by atoms with Gasteiger partial charge in [0.15, 0.2) is 0 Å². The maximum absolute atomic E-state index is 4.76. The van der Waals surface area contributed by atoms with Gasteiger partial charge in [-0.15, -0.1) is 0 Å². The van der Waals surface area contributed by atoms with Crippen LogP contribution in [0, 0.1) is 6.92 Å². The molecule has 1 heterocycles. The van der Waals surface area contributed by atoms with E-state index in [9.17, 15) is 0 Å². The third-order valence-electron chi connectivity index (χ3n) is 6.01. The van der Waals surface area contributed by atoms with Crippen molar-refractivity contribution in [1.29, 1.82) is 0 Å². The quantitative estimate of drug-likeness (QED) is 0.420. The van der Waals surface area contributed by atoms with E-state index in [0.29, 0.717) is 0 Å². The molecule has 0 radical (unpaired) electrons. The first-order chi connectivity index (χ1) is 14.4. The van der Waals surface area contributed by atoms with E-state index in [2.05, 4.69) is 106 Å². The number of hydrogen-bond acceptors (Lipinski definition) is 2. The molecule has 0 atom stereocenters. The van der Waals surface area contributed by atoms with Crippen LogP contribution in [-0.4, -0.2) is 18.3 Å². The molecule has 0 saturated heterocycles. The van der Waals surface area contributed by atoms with Crippen LogP contribution in [0.25, 0.3) is 16.7 Å². The fraction of sp³-hybridized carbons (Fsp3) is 0.250. The fourth-order valence-electron chi connectivity index (χ4n) is 4.48. The second-order valence-electron chi connectivity index (χ2n) is 8.62. The molecule has 0 bridgehead atoms. The Morgan fingerprint density at radius 3 is 2.23 bits per heavy atom. The third-order valence-corrected chi connectivity index (χ3v) is 6.01. The fourth-order valence-corrected chi connectivity index (χ4v) is 4.48. The number of aryl methyl sites for hydroxylation is 1. The van der Waals surface area contributed by atoms with Gasteiger partial charge >= 0.3 is 0 Å². The topological polar surface area (TPSA) is 15.6 Å². The minimum Gasteiger partial charge on any atom is -0.363 e. The van der Waals surface area contributed by atoms with Crippen molar-refractivity contribution >= 4 is 23.2 Å². The van der Waals surface area contributed by atoms with Crippen LogP contribution in [0.15, 0.2) is 77.8 Å². The zero-order valence-corrected chi connectivity index (χ0v) is 18.6. The predicted octanol–water partition coefficient (Wildman–Crippen LogP) is 7.43. The number of aliphatic imine (C=N–C) groups is 1. The van der Waals surface area contributed by atoms with Crippen LogP contribution in [0.2, 0.25) is 0 Å². The van der Waals surface area contributed by atoms with Gasteiger partial charge in [0.25, 0.3) is 0 Å². The Balaban J connectivity index is 1.63.